The van der Waals surface area contributed by atoms with Crippen LogP contribution < -0.4 is 10.7 Å². The van der Waals surface area contributed by atoms with Crippen LogP contribution in [-0.2, 0) is 4.79 Å². The number of fused-ring (bicyclic) bond motifs is 1. The van der Waals surface area contributed by atoms with E-state index < -0.39 is 0 Å². The van der Waals surface area contributed by atoms with Crippen molar-refractivity contribution >= 4 is 40.3 Å². The Morgan fingerprint density at radius 2 is 2.00 bits per heavy atom. The molecule has 0 aliphatic carbocycles. The summed E-state index contributed by atoms with van der Waals surface area (Å²) in [6.07, 6.45) is 1.50. The Balaban J connectivity index is 1.63. The SMILES string of the molecule is Cc1cccc2cc(/C=N\NC(=O)CNc3ccccc3)c(Cl)nc12. The van der Waals surface area contributed by atoms with Crippen molar-refractivity contribution in [3.8, 4) is 0 Å². The molecule has 3 aromatic rings. The molecule has 1 aromatic heterocycles. The van der Waals surface area contributed by atoms with E-state index >= 15 is 0 Å². The van der Waals surface area contributed by atoms with Gasteiger partial charge in [-0.1, -0.05) is 48.0 Å². The van der Waals surface area contributed by atoms with Crippen LogP contribution in [0.2, 0.25) is 5.15 Å². The summed E-state index contributed by atoms with van der Waals surface area (Å²) in [4.78, 5) is 16.2. The average Bonchev–Trinajstić information content (AvgIpc) is 2.62. The van der Waals surface area contributed by atoms with E-state index in [1.165, 1.54) is 6.21 Å². The molecule has 5 nitrogen and oxygen atoms in total. The molecule has 1 heterocycles. The fraction of sp³-hybridized carbons (Fsp3) is 0.105. The number of hydrogen-bond acceptors (Lipinski definition) is 4. The van der Waals surface area contributed by atoms with Gasteiger partial charge in [-0.15, -0.1) is 0 Å². The molecule has 0 spiro atoms. The van der Waals surface area contributed by atoms with Crippen LogP contribution in [0.3, 0.4) is 0 Å². The Morgan fingerprint density at radius 1 is 1.20 bits per heavy atom. The largest absolute Gasteiger partial charge is 0.376 e. The third kappa shape index (κ3) is 4.33. The number of para-hydroxylation sites is 2. The number of hydrazone groups is 1. The zero-order valence-electron chi connectivity index (χ0n) is 13.7. The van der Waals surface area contributed by atoms with Crippen molar-refractivity contribution in [2.75, 3.05) is 11.9 Å². The highest BCUT2D eigenvalue weighted by molar-refractivity contribution is 6.32. The number of aromatic nitrogens is 1. The number of benzene rings is 2. The standard InChI is InChI=1S/C19H17ClN4O/c1-13-6-5-7-14-10-15(19(20)23-18(13)14)11-22-24-17(25)12-21-16-8-3-2-4-9-16/h2-11,21H,12H2,1H3,(H,24,25)/b22-11-. The molecule has 2 aromatic carbocycles. The van der Waals surface area contributed by atoms with Crippen LogP contribution in [0, 0.1) is 6.92 Å². The van der Waals surface area contributed by atoms with E-state index in [0.717, 1.165) is 22.2 Å². The Morgan fingerprint density at radius 3 is 2.80 bits per heavy atom. The van der Waals surface area contributed by atoms with E-state index in [-0.39, 0.29) is 12.5 Å². The predicted molar refractivity (Wildman–Crippen MR) is 102 cm³/mol. The molecule has 0 saturated carbocycles. The first-order valence-electron chi connectivity index (χ1n) is 7.80. The number of halogens is 1. The minimum atomic E-state index is -0.249. The topological polar surface area (TPSA) is 66.4 Å². The van der Waals surface area contributed by atoms with Crippen molar-refractivity contribution in [3.63, 3.8) is 0 Å². The number of anilines is 1. The summed E-state index contributed by atoms with van der Waals surface area (Å²) in [5, 5.41) is 8.29. The van der Waals surface area contributed by atoms with Crippen LogP contribution in [-0.4, -0.2) is 23.7 Å². The van der Waals surface area contributed by atoms with Crippen molar-refractivity contribution in [3.05, 3.63) is 70.9 Å². The van der Waals surface area contributed by atoms with Gasteiger partial charge in [-0.25, -0.2) is 10.4 Å². The van der Waals surface area contributed by atoms with Gasteiger partial charge in [0.1, 0.15) is 5.15 Å². The van der Waals surface area contributed by atoms with Gasteiger partial charge < -0.3 is 5.32 Å². The van der Waals surface area contributed by atoms with Crippen LogP contribution in [0.15, 0.2) is 59.7 Å². The second-order valence-electron chi connectivity index (χ2n) is 5.53. The summed E-state index contributed by atoms with van der Waals surface area (Å²) >= 11 is 6.20. The molecular formula is C19H17ClN4O. The molecule has 0 radical (unpaired) electrons. The van der Waals surface area contributed by atoms with Crippen molar-refractivity contribution in [1.29, 1.82) is 0 Å². The zero-order chi connectivity index (χ0) is 17.6. The van der Waals surface area contributed by atoms with E-state index in [1.54, 1.807) is 0 Å². The third-order valence-corrected chi connectivity index (χ3v) is 3.95. The van der Waals surface area contributed by atoms with Crippen molar-refractivity contribution in [2.45, 2.75) is 6.92 Å². The summed E-state index contributed by atoms with van der Waals surface area (Å²) in [5.41, 5.74) is 5.91. The van der Waals surface area contributed by atoms with Crippen LogP contribution >= 0.6 is 11.6 Å². The van der Waals surface area contributed by atoms with Crippen molar-refractivity contribution < 1.29 is 4.79 Å². The highest BCUT2D eigenvalue weighted by atomic mass is 35.5. The molecule has 2 N–H and O–H groups in total. The summed E-state index contributed by atoms with van der Waals surface area (Å²) in [5.74, 6) is -0.249. The Kier molecular flexibility index (Phi) is 5.26. The first-order valence-corrected chi connectivity index (χ1v) is 8.18. The van der Waals surface area contributed by atoms with Gasteiger partial charge in [-0.05, 0) is 30.7 Å². The molecule has 126 valence electrons. The fourth-order valence-corrected chi connectivity index (χ4v) is 2.57. The number of carbonyl (C=O) groups is 1. The Labute approximate surface area is 150 Å². The minimum Gasteiger partial charge on any atom is -0.376 e. The molecule has 6 heteroatoms. The van der Waals surface area contributed by atoms with Gasteiger partial charge in [0.2, 0.25) is 0 Å². The highest BCUT2D eigenvalue weighted by Crippen LogP contribution is 2.21. The first-order chi connectivity index (χ1) is 12.1. The summed E-state index contributed by atoms with van der Waals surface area (Å²) in [7, 11) is 0. The van der Waals surface area contributed by atoms with Gasteiger partial charge in [0.15, 0.2) is 0 Å². The van der Waals surface area contributed by atoms with Crippen LogP contribution in [0.25, 0.3) is 10.9 Å². The number of hydrogen-bond donors (Lipinski definition) is 2. The van der Waals surface area contributed by atoms with E-state index in [2.05, 4.69) is 20.8 Å². The van der Waals surface area contributed by atoms with E-state index in [4.69, 9.17) is 11.6 Å². The Bertz CT molecular complexity index is 925. The summed E-state index contributed by atoms with van der Waals surface area (Å²) in [6, 6.07) is 17.3. The normalized spacial score (nSPS) is 11.0. The smallest absolute Gasteiger partial charge is 0.259 e. The van der Waals surface area contributed by atoms with E-state index in [0.29, 0.717) is 10.7 Å². The zero-order valence-corrected chi connectivity index (χ0v) is 14.4. The molecular weight excluding hydrogens is 336 g/mol. The maximum absolute atomic E-state index is 11.8. The fourth-order valence-electron chi connectivity index (χ4n) is 2.38. The lowest BCUT2D eigenvalue weighted by atomic mass is 10.1. The summed E-state index contributed by atoms with van der Waals surface area (Å²) in [6.45, 7) is 2.11. The van der Waals surface area contributed by atoms with Crippen LogP contribution in [0.1, 0.15) is 11.1 Å². The minimum absolute atomic E-state index is 0.129. The highest BCUT2D eigenvalue weighted by Gasteiger charge is 2.05. The van der Waals surface area contributed by atoms with Crippen LogP contribution in [0.4, 0.5) is 5.69 Å². The molecule has 0 bridgehead atoms. The predicted octanol–water partition coefficient (Wildman–Crippen LogP) is 3.76. The van der Waals surface area contributed by atoms with Gasteiger partial charge >= 0.3 is 0 Å². The monoisotopic (exact) mass is 352 g/mol. The molecule has 0 aliphatic rings. The quantitative estimate of drug-likeness (QED) is 0.417. The lowest BCUT2D eigenvalue weighted by Crippen LogP contribution is -2.25. The number of amides is 1. The molecule has 1 amide bonds. The van der Waals surface area contributed by atoms with E-state index in [1.807, 2.05) is 61.5 Å². The number of nitrogens with zero attached hydrogens (tertiary/aromatic N) is 2. The molecule has 3 rings (SSSR count). The van der Waals surface area contributed by atoms with Gasteiger partial charge in [0.25, 0.3) is 5.91 Å². The third-order valence-electron chi connectivity index (χ3n) is 3.65. The Hall–Kier alpha value is -2.92. The number of aryl methyl sites for hydroxylation is 1. The second-order valence-corrected chi connectivity index (χ2v) is 5.89. The molecule has 0 atom stereocenters. The summed E-state index contributed by atoms with van der Waals surface area (Å²) < 4.78 is 0. The second kappa shape index (κ2) is 7.77. The van der Waals surface area contributed by atoms with Crippen molar-refractivity contribution in [2.24, 2.45) is 5.10 Å². The van der Waals surface area contributed by atoms with Crippen molar-refractivity contribution in [1.82, 2.24) is 10.4 Å². The van der Waals surface area contributed by atoms with Gasteiger partial charge in [0, 0.05) is 16.6 Å². The molecule has 0 aliphatic heterocycles. The number of rotatable bonds is 5. The number of pyridine rings is 1. The van der Waals surface area contributed by atoms with Gasteiger partial charge in [0.05, 0.1) is 18.3 Å². The number of nitrogens with one attached hydrogen (secondary N) is 2. The maximum atomic E-state index is 11.8. The maximum Gasteiger partial charge on any atom is 0.259 e. The first kappa shape index (κ1) is 16.9. The molecule has 0 saturated heterocycles. The molecule has 25 heavy (non-hydrogen) atoms. The van der Waals surface area contributed by atoms with Gasteiger partial charge in [-0.2, -0.15) is 5.10 Å². The molecule has 0 fully saturated rings. The lowest BCUT2D eigenvalue weighted by molar-refractivity contribution is -0.119. The lowest BCUT2D eigenvalue weighted by Gasteiger charge is -2.05. The van der Waals surface area contributed by atoms with E-state index in [9.17, 15) is 4.79 Å². The van der Waals surface area contributed by atoms with Crippen LogP contribution in [0.5, 0.6) is 0 Å². The van der Waals surface area contributed by atoms with Gasteiger partial charge in [-0.3, -0.25) is 4.79 Å². The number of carbonyl (C=O) groups excluding carboxylic acids is 1. The molecule has 0 unspecified atom stereocenters. The average molecular weight is 353 g/mol.